The van der Waals surface area contributed by atoms with Crippen LogP contribution in [0.25, 0.3) is 0 Å². The normalized spacial score (nSPS) is 7.33. The van der Waals surface area contributed by atoms with Gasteiger partial charge >= 0.3 is 29.6 Å². The minimum Gasteiger partial charge on any atom is -0.650 e. The Morgan fingerprint density at radius 2 is 1.83 bits per heavy atom. The first kappa shape index (κ1) is 14.2. The molecule has 0 unspecified atom stereocenters. The van der Waals surface area contributed by atoms with Crippen LogP contribution in [-0.4, -0.2) is 11.9 Å². The maximum Gasteiger partial charge on any atom is 1.00 e. The fourth-order valence-corrected chi connectivity index (χ4v) is 0.687. The number of carbonyl (C=O) groups excluding carboxylic acids is 1. The van der Waals surface area contributed by atoms with Crippen LogP contribution >= 0.6 is 0 Å². The second-order valence-corrected chi connectivity index (χ2v) is 1.86. The van der Waals surface area contributed by atoms with Crippen molar-refractivity contribution in [3.63, 3.8) is 0 Å². The first-order chi connectivity index (χ1) is 4.93. The van der Waals surface area contributed by atoms with E-state index in [0.717, 1.165) is 5.56 Å². The van der Waals surface area contributed by atoms with Gasteiger partial charge in [0.25, 0.3) is 0 Å². The molecule has 12 heavy (non-hydrogen) atoms. The molecule has 1 aromatic rings. The van der Waals surface area contributed by atoms with Crippen LogP contribution in [0.5, 0.6) is 0 Å². The van der Waals surface area contributed by atoms with Crippen molar-refractivity contribution in [2.24, 2.45) is 0 Å². The Bertz CT molecular complexity index is 201. The summed E-state index contributed by atoms with van der Waals surface area (Å²) in [5.74, 6) is 0. The van der Waals surface area contributed by atoms with E-state index in [1.54, 1.807) is 0 Å². The van der Waals surface area contributed by atoms with Gasteiger partial charge in [0.05, 0.1) is 6.61 Å². The first-order valence-electron chi connectivity index (χ1n) is 2.96. The quantitative estimate of drug-likeness (QED) is 0.376. The Morgan fingerprint density at radius 1 is 1.25 bits per heavy atom. The molecule has 0 aliphatic carbocycles. The Labute approximate surface area is 93.3 Å². The van der Waals surface area contributed by atoms with Gasteiger partial charge < -0.3 is 15.0 Å². The van der Waals surface area contributed by atoms with Gasteiger partial charge in [0, 0.05) is 0 Å². The van der Waals surface area contributed by atoms with Gasteiger partial charge in [-0.05, 0) is 5.56 Å². The maximum atomic E-state index is 9.63. The molecule has 4 heteroatoms. The van der Waals surface area contributed by atoms with Crippen LogP contribution in [0.2, 0.25) is 0 Å². The standard InChI is InChI=1S/C8H7O2.Na.H2O/c9-7-10-6-8-4-2-1-3-5-8;;/h1-5H,6H2;;1H2/q-1;+1;. The van der Waals surface area contributed by atoms with Gasteiger partial charge in [-0.15, -0.1) is 0 Å². The summed E-state index contributed by atoms with van der Waals surface area (Å²) in [4.78, 5) is 9.63. The van der Waals surface area contributed by atoms with Gasteiger partial charge in [0.2, 0.25) is 0 Å². The predicted molar refractivity (Wildman–Crippen MR) is 40.5 cm³/mol. The molecule has 0 fully saturated rings. The van der Waals surface area contributed by atoms with E-state index < -0.39 is 0 Å². The molecule has 0 aliphatic heterocycles. The monoisotopic (exact) mass is 176 g/mol. The Morgan fingerprint density at radius 3 is 2.33 bits per heavy atom. The van der Waals surface area contributed by atoms with Crippen molar-refractivity contribution in [3.05, 3.63) is 35.9 Å². The average molecular weight is 176 g/mol. The van der Waals surface area contributed by atoms with Gasteiger partial charge in [-0.25, -0.2) is 0 Å². The van der Waals surface area contributed by atoms with Crippen LogP contribution in [0.1, 0.15) is 5.56 Å². The summed E-state index contributed by atoms with van der Waals surface area (Å²) in [6.45, 7) is 1.68. The van der Waals surface area contributed by atoms with Crippen LogP contribution in [0.15, 0.2) is 30.3 Å². The minimum absolute atomic E-state index is 0. The molecule has 0 aromatic heterocycles. The van der Waals surface area contributed by atoms with Crippen molar-refractivity contribution >= 4 is 6.47 Å². The predicted octanol–water partition coefficient (Wildman–Crippen LogP) is -2.55. The van der Waals surface area contributed by atoms with Crippen LogP contribution in [0.4, 0.5) is 0 Å². The van der Waals surface area contributed by atoms with Crippen molar-refractivity contribution in [1.82, 2.24) is 0 Å². The number of benzene rings is 1. The van der Waals surface area contributed by atoms with Crippen LogP contribution in [0.3, 0.4) is 0 Å². The van der Waals surface area contributed by atoms with E-state index >= 15 is 0 Å². The molecule has 1 aromatic carbocycles. The molecule has 0 radical (unpaired) electrons. The molecule has 0 spiro atoms. The van der Waals surface area contributed by atoms with Crippen LogP contribution in [-0.2, 0) is 16.1 Å². The van der Waals surface area contributed by atoms with Crippen molar-refractivity contribution < 1.29 is 44.6 Å². The van der Waals surface area contributed by atoms with E-state index in [-0.39, 0.29) is 35.0 Å². The molecular weight excluding hydrogens is 167 g/mol. The van der Waals surface area contributed by atoms with Crippen molar-refractivity contribution in [1.29, 1.82) is 0 Å². The van der Waals surface area contributed by atoms with Crippen molar-refractivity contribution in [2.75, 3.05) is 0 Å². The van der Waals surface area contributed by atoms with Gasteiger partial charge in [0.15, 0.2) is 0 Å². The fraction of sp³-hybridized carbons (Fsp3) is 0.125. The summed E-state index contributed by atoms with van der Waals surface area (Å²) in [6.07, 6.45) is 0. The number of hydrogen-bond donors (Lipinski definition) is 0. The summed E-state index contributed by atoms with van der Waals surface area (Å²) in [6, 6.07) is 9.47. The smallest absolute Gasteiger partial charge is 0.650 e. The third-order valence-corrected chi connectivity index (χ3v) is 1.14. The average Bonchev–Trinajstić information content (AvgIpc) is 2.03. The molecule has 0 saturated heterocycles. The molecule has 0 aliphatic rings. The van der Waals surface area contributed by atoms with Gasteiger partial charge in [-0.1, -0.05) is 36.8 Å². The third kappa shape index (κ3) is 5.32. The number of rotatable bonds is 3. The molecule has 60 valence electrons. The molecule has 0 heterocycles. The van der Waals surface area contributed by atoms with Crippen LogP contribution < -0.4 is 29.6 Å². The summed E-state index contributed by atoms with van der Waals surface area (Å²) in [5, 5.41) is 0. The first-order valence-corrected chi connectivity index (χ1v) is 2.96. The second kappa shape index (κ2) is 8.74. The SMILES string of the molecule is O.O=[C-]OCc1ccccc1.[Na+]. The zero-order valence-electron chi connectivity index (χ0n) is 6.91. The summed E-state index contributed by atoms with van der Waals surface area (Å²) >= 11 is 0. The molecule has 1 rings (SSSR count). The van der Waals surface area contributed by atoms with Gasteiger partial charge in [-0.2, -0.15) is 0 Å². The van der Waals surface area contributed by atoms with Gasteiger partial charge in [0.1, 0.15) is 0 Å². The zero-order valence-corrected chi connectivity index (χ0v) is 8.91. The minimum atomic E-state index is 0. The van der Waals surface area contributed by atoms with Crippen molar-refractivity contribution in [3.8, 4) is 0 Å². The molecule has 0 saturated carbocycles. The Hall–Kier alpha value is -0.350. The molecule has 0 atom stereocenters. The third-order valence-electron chi connectivity index (χ3n) is 1.14. The van der Waals surface area contributed by atoms with E-state index in [0.29, 0.717) is 6.61 Å². The fourth-order valence-electron chi connectivity index (χ4n) is 0.687. The number of hydrogen-bond acceptors (Lipinski definition) is 2. The molecule has 3 nitrogen and oxygen atoms in total. The van der Waals surface area contributed by atoms with E-state index in [4.69, 9.17) is 0 Å². The molecular formula is C8H9NaO3. The van der Waals surface area contributed by atoms with Crippen LogP contribution in [0, 0.1) is 0 Å². The summed E-state index contributed by atoms with van der Waals surface area (Å²) in [7, 11) is 0. The van der Waals surface area contributed by atoms with E-state index in [9.17, 15) is 4.79 Å². The largest absolute Gasteiger partial charge is 1.00 e. The topological polar surface area (TPSA) is 57.8 Å². The van der Waals surface area contributed by atoms with E-state index in [1.165, 1.54) is 6.47 Å². The zero-order chi connectivity index (χ0) is 7.23. The second-order valence-electron chi connectivity index (χ2n) is 1.86. The Kier molecular flexibility index (Phi) is 10.3. The van der Waals surface area contributed by atoms with Crippen molar-refractivity contribution in [2.45, 2.75) is 6.61 Å². The Balaban J connectivity index is 0. The maximum absolute atomic E-state index is 9.63. The summed E-state index contributed by atoms with van der Waals surface area (Å²) in [5.41, 5.74) is 0.978. The van der Waals surface area contributed by atoms with E-state index in [1.807, 2.05) is 30.3 Å². The molecule has 0 amide bonds. The molecule has 2 N–H and O–H groups in total. The molecule has 0 bridgehead atoms. The van der Waals surface area contributed by atoms with Gasteiger partial charge in [-0.3, -0.25) is 0 Å². The summed E-state index contributed by atoms with van der Waals surface area (Å²) < 4.78 is 4.41. The van der Waals surface area contributed by atoms with E-state index in [2.05, 4.69) is 4.74 Å². The number of ether oxygens (including phenoxy) is 1.